The average Bonchev–Trinajstić information content (AvgIpc) is 2.45. The van der Waals surface area contributed by atoms with Gasteiger partial charge in [-0.25, -0.2) is 0 Å². The number of nitrogens with one attached hydrogen (secondary N) is 1. The zero-order valence-corrected chi connectivity index (χ0v) is 14.2. The summed E-state index contributed by atoms with van der Waals surface area (Å²) >= 11 is 0. The van der Waals surface area contributed by atoms with Crippen LogP contribution in [0.2, 0.25) is 0 Å². The summed E-state index contributed by atoms with van der Waals surface area (Å²) in [5, 5.41) is 3.82. The van der Waals surface area contributed by atoms with Crippen molar-refractivity contribution < 1.29 is 4.74 Å². The molecule has 0 radical (unpaired) electrons. The van der Waals surface area contributed by atoms with Crippen molar-refractivity contribution in [2.24, 2.45) is 0 Å². The van der Waals surface area contributed by atoms with Crippen molar-refractivity contribution in [1.29, 1.82) is 0 Å². The Balaban J connectivity index is 1.85. The molecule has 1 unspecified atom stereocenters. The highest BCUT2D eigenvalue weighted by molar-refractivity contribution is 5.54. The summed E-state index contributed by atoms with van der Waals surface area (Å²) in [6.45, 7) is 4.92. The lowest BCUT2D eigenvalue weighted by molar-refractivity contribution is 0.341. The number of hydrogen-bond donors (Lipinski definition) is 2. The molecule has 3 N–H and O–H groups in total. The molecule has 3 nitrogen and oxygen atoms in total. The quantitative estimate of drug-likeness (QED) is 0.770. The smallest absolute Gasteiger partial charge is 0.142 e. The first kappa shape index (κ1) is 17.1. The maximum absolute atomic E-state index is 6.06. The summed E-state index contributed by atoms with van der Waals surface area (Å²) in [5.74, 6) is 0.798. The molecule has 0 bridgehead atoms. The molecule has 0 saturated heterocycles. The zero-order chi connectivity index (χ0) is 15.8. The monoisotopic (exact) mass is 304 g/mol. The largest absolute Gasteiger partial charge is 0.492 e. The van der Waals surface area contributed by atoms with E-state index < -0.39 is 0 Å². The van der Waals surface area contributed by atoms with Crippen LogP contribution in [0.4, 0.5) is 5.69 Å². The molecule has 0 aromatic heterocycles. The van der Waals surface area contributed by atoms with Crippen molar-refractivity contribution >= 4 is 5.69 Å². The topological polar surface area (TPSA) is 47.3 Å². The SMILES string of the molecule is CCOc1ccc(CC(C)NC2CCCCCCC2)cc1N. The van der Waals surface area contributed by atoms with Crippen LogP contribution in [0.5, 0.6) is 5.75 Å². The van der Waals surface area contributed by atoms with E-state index in [2.05, 4.69) is 24.4 Å². The van der Waals surface area contributed by atoms with Gasteiger partial charge in [-0.15, -0.1) is 0 Å². The number of nitrogen functional groups attached to an aromatic ring is 1. The molecule has 1 aliphatic rings. The number of nitrogens with two attached hydrogens (primary N) is 1. The van der Waals surface area contributed by atoms with Crippen LogP contribution in [0.1, 0.15) is 64.4 Å². The fraction of sp³-hybridized carbons (Fsp3) is 0.684. The summed E-state index contributed by atoms with van der Waals surface area (Å²) in [6.07, 6.45) is 10.7. The molecule has 124 valence electrons. The van der Waals surface area contributed by atoms with Crippen molar-refractivity contribution in [2.75, 3.05) is 12.3 Å². The number of benzene rings is 1. The van der Waals surface area contributed by atoms with Gasteiger partial charge >= 0.3 is 0 Å². The van der Waals surface area contributed by atoms with Crippen LogP contribution in [0.25, 0.3) is 0 Å². The Morgan fingerprint density at radius 1 is 1.18 bits per heavy atom. The maximum atomic E-state index is 6.06. The molecule has 0 aliphatic heterocycles. The Labute approximate surface area is 135 Å². The molecular weight excluding hydrogens is 272 g/mol. The summed E-state index contributed by atoms with van der Waals surface area (Å²) in [7, 11) is 0. The number of anilines is 1. The summed E-state index contributed by atoms with van der Waals surface area (Å²) in [5.41, 5.74) is 8.09. The van der Waals surface area contributed by atoms with Gasteiger partial charge in [0.2, 0.25) is 0 Å². The standard InChI is InChI=1S/C19H32N2O/c1-3-22-19-12-11-16(14-18(19)20)13-15(2)21-17-9-7-5-4-6-8-10-17/h11-12,14-15,17,21H,3-10,13,20H2,1-2H3. The van der Waals surface area contributed by atoms with Crippen LogP contribution in [0, 0.1) is 0 Å². The lowest BCUT2D eigenvalue weighted by Gasteiger charge is -2.25. The molecule has 1 fully saturated rings. The Bertz CT molecular complexity index is 439. The Morgan fingerprint density at radius 2 is 1.86 bits per heavy atom. The van der Waals surface area contributed by atoms with Crippen molar-refractivity contribution in [1.82, 2.24) is 5.32 Å². The molecular formula is C19H32N2O. The van der Waals surface area contributed by atoms with E-state index in [1.807, 2.05) is 13.0 Å². The second kappa shape index (κ2) is 9.04. The number of ether oxygens (including phenoxy) is 1. The van der Waals surface area contributed by atoms with Crippen LogP contribution >= 0.6 is 0 Å². The van der Waals surface area contributed by atoms with E-state index in [4.69, 9.17) is 10.5 Å². The van der Waals surface area contributed by atoms with Gasteiger partial charge in [0.05, 0.1) is 12.3 Å². The van der Waals surface area contributed by atoms with Gasteiger partial charge in [0.1, 0.15) is 5.75 Å². The van der Waals surface area contributed by atoms with Crippen molar-refractivity contribution in [3.05, 3.63) is 23.8 Å². The first-order valence-electron chi connectivity index (χ1n) is 8.96. The van der Waals surface area contributed by atoms with Gasteiger partial charge in [0.15, 0.2) is 0 Å². The van der Waals surface area contributed by atoms with Gasteiger partial charge in [-0.1, -0.05) is 38.2 Å². The maximum Gasteiger partial charge on any atom is 0.142 e. The summed E-state index contributed by atoms with van der Waals surface area (Å²) < 4.78 is 5.50. The van der Waals surface area contributed by atoms with Crippen molar-refractivity contribution in [3.63, 3.8) is 0 Å². The first-order valence-corrected chi connectivity index (χ1v) is 8.96. The van der Waals surface area contributed by atoms with Gasteiger partial charge in [0.25, 0.3) is 0 Å². The Hall–Kier alpha value is -1.22. The highest BCUT2D eigenvalue weighted by atomic mass is 16.5. The van der Waals surface area contributed by atoms with Crippen molar-refractivity contribution in [2.45, 2.75) is 77.3 Å². The summed E-state index contributed by atoms with van der Waals surface area (Å²) in [4.78, 5) is 0. The third kappa shape index (κ3) is 5.53. The van der Waals surface area contributed by atoms with E-state index in [1.165, 1.54) is 50.5 Å². The highest BCUT2D eigenvalue weighted by Crippen LogP contribution is 2.23. The second-order valence-electron chi connectivity index (χ2n) is 6.62. The van der Waals surface area contributed by atoms with Crippen LogP contribution < -0.4 is 15.8 Å². The van der Waals surface area contributed by atoms with E-state index in [0.717, 1.165) is 17.9 Å². The molecule has 1 aromatic carbocycles. The number of rotatable bonds is 6. The van der Waals surface area contributed by atoms with Crippen LogP contribution in [0.15, 0.2) is 18.2 Å². The molecule has 0 spiro atoms. The van der Waals surface area contributed by atoms with Gasteiger partial charge in [0, 0.05) is 12.1 Å². The van der Waals surface area contributed by atoms with Crippen molar-refractivity contribution in [3.8, 4) is 5.75 Å². The zero-order valence-electron chi connectivity index (χ0n) is 14.2. The third-order valence-corrected chi connectivity index (χ3v) is 4.54. The van der Waals surface area contributed by atoms with Crippen LogP contribution in [0.3, 0.4) is 0 Å². The second-order valence-corrected chi connectivity index (χ2v) is 6.62. The normalized spacial score (nSPS) is 18.5. The minimum atomic E-state index is 0.488. The van der Waals surface area contributed by atoms with Crippen LogP contribution in [-0.2, 0) is 6.42 Å². The van der Waals surface area contributed by atoms with Crippen LogP contribution in [-0.4, -0.2) is 18.7 Å². The molecule has 1 saturated carbocycles. The Morgan fingerprint density at radius 3 is 2.50 bits per heavy atom. The van der Waals surface area contributed by atoms with E-state index in [0.29, 0.717) is 18.7 Å². The highest BCUT2D eigenvalue weighted by Gasteiger charge is 2.14. The molecule has 0 heterocycles. The fourth-order valence-electron chi connectivity index (χ4n) is 3.45. The molecule has 1 aromatic rings. The number of hydrogen-bond acceptors (Lipinski definition) is 3. The molecule has 1 aliphatic carbocycles. The van der Waals surface area contributed by atoms with E-state index in [9.17, 15) is 0 Å². The van der Waals surface area contributed by atoms with Gasteiger partial charge in [-0.2, -0.15) is 0 Å². The van der Waals surface area contributed by atoms with E-state index in [1.54, 1.807) is 0 Å². The molecule has 2 rings (SSSR count). The average molecular weight is 304 g/mol. The minimum absolute atomic E-state index is 0.488. The van der Waals surface area contributed by atoms with Gasteiger partial charge < -0.3 is 15.8 Å². The molecule has 1 atom stereocenters. The predicted molar refractivity (Wildman–Crippen MR) is 94.4 cm³/mol. The minimum Gasteiger partial charge on any atom is -0.492 e. The predicted octanol–water partition coefficient (Wildman–Crippen LogP) is 4.30. The van der Waals surface area contributed by atoms with E-state index in [-0.39, 0.29) is 0 Å². The molecule has 3 heteroatoms. The third-order valence-electron chi connectivity index (χ3n) is 4.54. The lowest BCUT2D eigenvalue weighted by atomic mass is 9.95. The molecule has 22 heavy (non-hydrogen) atoms. The fourth-order valence-corrected chi connectivity index (χ4v) is 3.45. The van der Waals surface area contributed by atoms with Gasteiger partial charge in [-0.3, -0.25) is 0 Å². The van der Waals surface area contributed by atoms with Gasteiger partial charge in [-0.05, 0) is 50.8 Å². The summed E-state index contributed by atoms with van der Waals surface area (Å²) in [6, 6.07) is 7.37. The molecule has 0 amide bonds. The first-order chi connectivity index (χ1) is 10.7. The Kier molecular flexibility index (Phi) is 7.04. The van der Waals surface area contributed by atoms with E-state index >= 15 is 0 Å². The lowest BCUT2D eigenvalue weighted by Crippen LogP contribution is -2.38.